The molecule has 1 aromatic heterocycles. The number of amides is 3. The summed E-state index contributed by atoms with van der Waals surface area (Å²) in [6, 6.07) is -5.62. The van der Waals surface area contributed by atoms with Crippen molar-refractivity contribution in [3.05, 3.63) is 18.2 Å². The fourth-order valence-electron chi connectivity index (χ4n) is 3.06. The summed E-state index contributed by atoms with van der Waals surface area (Å²) >= 11 is 0. The summed E-state index contributed by atoms with van der Waals surface area (Å²) in [6.07, 6.45) is 1.24. The van der Waals surface area contributed by atoms with Crippen LogP contribution < -0.4 is 21.7 Å². The Bertz CT molecular complexity index is 936. The second-order valence-corrected chi connectivity index (χ2v) is 8.24. The Morgan fingerprint density at radius 1 is 0.944 bits per heavy atom. The highest BCUT2D eigenvalue weighted by Crippen LogP contribution is 2.08. The molecule has 0 spiro atoms. The lowest BCUT2D eigenvalue weighted by atomic mass is 9.98. The Balaban J connectivity index is 3.03. The average molecular weight is 513 g/mol. The number of rotatable bonds is 16. The largest absolute Gasteiger partial charge is 0.481 e. The van der Waals surface area contributed by atoms with Crippen molar-refractivity contribution in [1.29, 1.82) is 0 Å². The molecule has 1 heterocycles. The summed E-state index contributed by atoms with van der Waals surface area (Å²) in [5.74, 6) is -7.23. The minimum Gasteiger partial charge on any atom is -0.481 e. The molecule has 36 heavy (non-hydrogen) atoms. The first-order valence-electron chi connectivity index (χ1n) is 11.2. The van der Waals surface area contributed by atoms with E-state index >= 15 is 0 Å². The fourth-order valence-corrected chi connectivity index (χ4v) is 3.06. The van der Waals surface area contributed by atoms with E-state index in [-0.39, 0.29) is 18.8 Å². The number of carbonyl (C=O) groups is 6. The van der Waals surface area contributed by atoms with E-state index in [9.17, 15) is 39.0 Å². The van der Waals surface area contributed by atoms with Gasteiger partial charge in [-0.25, -0.2) is 9.78 Å². The molecule has 1 aromatic rings. The first-order chi connectivity index (χ1) is 16.8. The number of H-pyrrole nitrogens is 1. The van der Waals surface area contributed by atoms with E-state index in [1.54, 1.807) is 13.8 Å². The molecular weight excluding hydrogens is 480 g/mol. The van der Waals surface area contributed by atoms with Crippen molar-refractivity contribution >= 4 is 35.6 Å². The third kappa shape index (κ3) is 10.1. The standard InChI is InChI=1S/C21H32N6O9/c1-3-10(2)17(22)20(34)25-12(4-5-15(28)29)18(32)26-13(7-16(30)31)19(33)27-14(21(35)36)6-11-8-23-9-24-11/h8-10,12-14,17H,3-7,22H2,1-2H3,(H,23,24)(H,25,34)(H,26,32)(H,27,33)(H,28,29)(H,30,31)(H,35,36). The van der Waals surface area contributed by atoms with Gasteiger partial charge in [0.1, 0.15) is 18.1 Å². The number of hydrogen-bond acceptors (Lipinski definition) is 8. The molecule has 0 fully saturated rings. The molecule has 200 valence electrons. The van der Waals surface area contributed by atoms with E-state index in [2.05, 4.69) is 25.9 Å². The number of aliphatic carboxylic acids is 3. The number of nitrogens with one attached hydrogen (secondary N) is 4. The van der Waals surface area contributed by atoms with Crippen LogP contribution in [0.25, 0.3) is 0 Å². The van der Waals surface area contributed by atoms with E-state index in [1.165, 1.54) is 12.5 Å². The molecule has 9 N–H and O–H groups in total. The number of aromatic amines is 1. The summed E-state index contributed by atoms with van der Waals surface area (Å²) in [7, 11) is 0. The minimum absolute atomic E-state index is 0.195. The fraction of sp³-hybridized carbons (Fsp3) is 0.571. The number of imidazole rings is 1. The van der Waals surface area contributed by atoms with Gasteiger partial charge in [-0.15, -0.1) is 0 Å². The van der Waals surface area contributed by atoms with Crippen molar-refractivity contribution in [3.63, 3.8) is 0 Å². The number of nitrogens with zero attached hydrogens (tertiary/aromatic N) is 1. The van der Waals surface area contributed by atoms with Gasteiger partial charge < -0.3 is 42.0 Å². The number of hydrogen-bond donors (Lipinski definition) is 8. The van der Waals surface area contributed by atoms with Crippen LogP contribution in [0.1, 0.15) is 45.2 Å². The summed E-state index contributed by atoms with van der Waals surface area (Å²) in [5, 5.41) is 34.3. The van der Waals surface area contributed by atoms with Crippen LogP contribution in [0.5, 0.6) is 0 Å². The van der Waals surface area contributed by atoms with E-state index in [1.807, 2.05) is 0 Å². The molecule has 0 bridgehead atoms. The Kier molecular flexibility index (Phi) is 12.0. The Morgan fingerprint density at radius 2 is 1.53 bits per heavy atom. The summed E-state index contributed by atoms with van der Waals surface area (Å²) in [4.78, 5) is 78.4. The zero-order chi connectivity index (χ0) is 27.4. The molecule has 0 saturated heterocycles. The first-order valence-corrected chi connectivity index (χ1v) is 11.2. The maximum absolute atomic E-state index is 12.9. The monoisotopic (exact) mass is 512 g/mol. The Labute approximate surface area is 206 Å². The van der Waals surface area contributed by atoms with Gasteiger partial charge in [0.15, 0.2) is 0 Å². The molecule has 0 aliphatic rings. The third-order valence-corrected chi connectivity index (χ3v) is 5.44. The van der Waals surface area contributed by atoms with Gasteiger partial charge in [0.05, 0.1) is 18.8 Å². The second kappa shape index (κ2) is 14.4. The van der Waals surface area contributed by atoms with E-state index in [0.717, 1.165) is 0 Å². The SMILES string of the molecule is CCC(C)C(N)C(=O)NC(CCC(=O)O)C(=O)NC(CC(=O)O)C(=O)NC(Cc1cnc[nH]1)C(=O)O. The van der Waals surface area contributed by atoms with Crippen LogP contribution in [0.2, 0.25) is 0 Å². The van der Waals surface area contributed by atoms with Gasteiger partial charge in [0.25, 0.3) is 0 Å². The summed E-state index contributed by atoms with van der Waals surface area (Å²) in [6.45, 7) is 3.52. The highest BCUT2D eigenvalue weighted by Gasteiger charge is 2.32. The van der Waals surface area contributed by atoms with Crippen molar-refractivity contribution < 1.29 is 44.1 Å². The van der Waals surface area contributed by atoms with Gasteiger partial charge in [-0.1, -0.05) is 20.3 Å². The van der Waals surface area contributed by atoms with Crippen LogP contribution in [-0.2, 0) is 35.2 Å². The number of carbonyl (C=O) groups excluding carboxylic acids is 3. The minimum atomic E-state index is -1.72. The summed E-state index contributed by atoms with van der Waals surface area (Å²) < 4.78 is 0. The smallest absolute Gasteiger partial charge is 0.326 e. The first kappa shape index (κ1) is 30.0. The summed E-state index contributed by atoms with van der Waals surface area (Å²) in [5.41, 5.74) is 6.25. The molecule has 0 saturated carbocycles. The van der Waals surface area contributed by atoms with Crippen LogP contribution in [-0.4, -0.2) is 85.1 Å². The molecule has 0 radical (unpaired) electrons. The number of aromatic nitrogens is 2. The number of carboxylic acids is 3. The van der Waals surface area contributed by atoms with Crippen LogP contribution in [0.15, 0.2) is 12.5 Å². The van der Waals surface area contributed by atoms with Gasteiger partial charge in [-0.3, -0.25) is 24.0 Å². The molecule has 15 nitrogen and oxygen atoms in total. The highest BCUT2D eigenvalue weighted by atomic mass is 16.4. The normalized spacial score (nSPS) is 15.0. The molecule has 1 rings (SSSR count). The average Bonchev–Trinajstić information content (AvgIpc) is 3.32. The Hall–Kier alpha value is -4.01. The van der Waals surface area contributed by atoms with E-state index in [0.29, 0.717) is 12.1 Å². The zero-order valence-electron chi connectivity index (χ0n) is 19.9. The maximum Gasteiger partial charge on any atom is 0.326 e. The van der Waals surface area contributed by atoms with Gasteiger partial charge >= 0.3 is 17.9 Å². The zero-order valence-corrected chi connectivity index (χ0v) is 19.9. The van der Waals surface area contributed by atoms with Gasteiger partial charge in [-0.05, 0) is 12.3 Å². The Morgan fingerprint density at radius 3 is 2.03 bits per heavy atom. The van der Waals surface area contributed by atoms with Crippen molar-refractivity contribution in [2.75, 3.05) is 0 Å². The number of carboxylic acid groups (broad SMARTS) is 3. The van der Waals surface area contributed by atoms with Crippen LogP contribution in [0, 0.1) is 5.92 Å². The maximum atomic E-state index is 12.9. The van der Waals surface area contributed by atoms with Gasteiger partial charge in [0, 0.05) is 24.7 Å². The predicted octanol–water partition coefficient (Wildman–Crippen LogP) is -1.80. The third-order valence-electron chi connectivity index (χ3n) is 5.44. The molecule has 0 aliphatic carbocycles. The quantitative estimate of drug-likeness (QED) is 0.123. The van der Waals surface area contributed by atoms with Crippen LogP contribution in [0.4, 0.5) is 0 Å². The predicted molar refractivity (Wildman–Crippen MR) is 122 cm³/mol. The van der Waals surface area contributed by atoms with E-state index < -0.39 is 72.6 Å². The lowest BCUT2D eigenvalue weighted by Gasteiger charge is -2.25. The van der Waals surface area contributed by atoms with Crippen molar-refractivity contribution in [3.8, 4) is 0 Å². The molecule has 15 heteroatoms. The molecule has 0 aliphatic heterocycles. The topological polar surface area (TPSA) is 254 Å². The van der Waals surface area contributed by atoms with Crippen molar-refractivity contribution in [2.45, 2.75) is 70.1 Å². The van der Waals surface area contributed by atoms with Crippen molar-refractivity contribution in [2.24, 2.45) is 11.7 Å². The highest BCUT2D eigenvalue weighted by molar-refractivity contribution is 5.95. The van der Waals surface area contributed by atoms with Crippen LogP contribution >= 0.6 is 0 Å². The lowest BCUT2D eigenvalue weighted by molar-refractivity contribution is -0.143. The van der Waals surface area contributed by atoms with Gasteiger partial charge in [-0.2, -0.15) is 0 Å². The lowest BCUT2D eigenvalue weighted by Crippen LogP contribution is -2.58. The van der Waals surface area contributed by atoms with Crippen LogP contribution in [0.3, 0.4) is 0 Å². The van der Waals surface area contributed by atoms with Gasteiger partial charge in [0.2, 0.25) is 17.7 Å². The molecule has 3 amide bonds. The molecule has 5 atom stereocenters. The number of nitrogens with two attached hydrogens (primary N) is 1. The van der Waals surface area contributed by atoms with E-state index in [4.69, 9.17) is 10.8 Å². The molecular formula is C21H32N6O9. The second-order valence-electron chi connectivity index (χ2n) is 8.24. The van der Waals surface area contributed by atoms with Crippen molar-refractivity contribution in [1.82, 2.24) is 25.9 Å². The molecule has 5 unspecified atom stereocenters. The molecule has 0 aromatic carbocycles.